The van der Waals surface area contributed by atoms with Gasteiger partial charge in [-0.2, -0.15) is 0 Å². The van der Waals surface area contributed by atoms with Crippen LogP contribution in [0.3, 0.4) is 0 Å². The maximum atomic E-state index is 13.4. The monoisotopic (exact) mass is 355 g/mol. The third kappa shape index (κ3) is 7.82. The number of aliphatic imine (C=N–C) groups is 1. The molecule has 2 unspecified atom stereocenters. The van der Waals surface area contributed by atoms with E-state index in [2.05, 4.69) is 29.5 Å². The predicted octanol–water partition coefficient (Wildman–Crippen LogP) is 3.63. The third-order valence-corrected chi connectivity index (χ3v) is 3.99. The Morgan fingerprint density at radius 2 is 1.92 bits per heavy atom. The van der Waals surface area contributed by atoms with Crippen LogP contribution in [-0.2, 0) is 0 Å². The van der Waals surface area contributed by atoms with E-state index in [4.69, 9.17) is 0 Å². The minimum Gasteiger partial charge on any atom is -0.396 e. The average Bonchev–Trinajstić information content (AvgIpc) is 2.54. The Labute approximate surface area is 149 Å². The summed E-state index contributed by atoms with van der Waals surface area (Å²) < 4.78 is 26.5. The molecule has 2 atom stereocenters. The van der Waals surface area contributed by atoms with Gasteiger partial charge in [0.1, 0.15) is 0 Å². The van der Waals surface area contributed by atoms with Crippen molar-refractivity contribution in [1.82, 2.24) is 10.6 Å². The summed E-state index contributed by atoms with van der Waals surface area (Å²) in [6, 6.07) is 3.68. The first-order valence-corrected chi connectivity index (χ1v) is 8.98. The van der Waals surface area contributed by atoms with Gasteiger partial charge in [-0.05, 0) is 56.2 Å². The lowest BCUT2D eigenvalue weighted by atomic mass is 9.94. The average molecular weight is 355 g/mol. The van der Waals surface area contributed by atoms with Gasteiger partial charge in [0.25, 0.3) is 0 Å². The lowest BCUT2D eigenvalue weighted by Gasteiger charge is -2.20. The lowest BCUT2D eigenvalue weighted by Crippen LogP contribution is -2.39. The van der Waals surface area contributed by atoms with E-state index in [0.29, 0.717) is 36.4 Å². The van der Waals surface area contributed by atoms with Gasteiger partial charge in [0, 0.05) is 19.7 Å². The molecule has 1 rings (SSSR count). The Hall–Kier alpha value is -1.69. The molecule has 1 aromatic rings. The number of benzene rings is 1. The third-order valence-electron chi connectivity index (χ3n) is 3.99. The summed E-state index contributed by atoms with van der Waals surface area (Å²) in [7, 11) is 0. The van der Waals surface area contributed by atoms with Gasteiger partial charge >= 0.3 is 0 Å². The highest BCUT2D eigenvalue weighted by molar-refractivity contribution is 5.80. The first kappa shape index (κ1) is 21.4. The molecule has 0 amide bonds. The van der Waals surface area contributed by atoms with Crippen molar-refractivity contribution >= 4 is 5.96 Å². The van der Waals surface area contributed by atoms with E-state index in [1.807, 2.05) is 13.8 Å². The van der Waals surface area contributed by atoms with Crippen molar-refractivity contribution in [3.63, 3.8) is 0 Å². The van der Waals surface area contributed by atoms with Crippen molar-refractivity contribution in [3.05, 3.63) is 35.4 Å². The van der Waals surface area contributed by atoms with E-state index in [9.17, 15) is 13.9 Å². The number of nitrogens with zero attached hydrogens (tertiary/aromatic N) is 1. The molecule has 0 aliphatic rings. The molecule has 142 valence electrons. The van der Waals surface area contributed by atoms with Crippen LogP contribution < -0.4 is 10.6 Å². The molecule has 0 aromatic heterocycles. The minimum absolute atomic E-state index is 0.155. The zero-order chi connectivity index (χ0) is 18.8. The number of nitrogens with one attached hydrogen (secondary N) is 2. The van der Waals surface area contributed by atoms with Gasteiger partial charge in [-0.1, -0.05) is 19.9 Å². The molecule has 25 heavy (non-hydrogen) atoms. The molecule has 0 heterocycles. The van der Waals surface area contributed by atoms with Crippen molar-refractivity contribution < 1.29 is 13.9 Å². The quantitative estimate of drug-likeness (QED) is 0.468. The zero-order valence-electron chi connectivity index (χ0n) is 15.6. The lowest BCUT2D eigenvalue weighted by molar-refractivity contribution is 0.245. The van der Waals surface area contributed by atoms with E-state index >= 15 is 0 Å². The van der Waals surface area contributed by atoms with E-state index in [1.165, 1.54) is 6.07 Å². The molecule has 0 spiro atoms. The van der Waals surface area contributed by atoms with Crippen molar-refractivity contribution in [3.8, 4) is 0 Å². The summed E-state index contributed by atoms with van der Waals surface area (Å²) in [5.74, 6) is -0.209. The van der Waals surface area contributed by atoms with Crippen LogP contribution in [0, 0.1) is 23.5 Å². The van der Waals surface area contributed by atoms with Gasteiger partial charge in [-0.3, -0.25) is 4.99 Å². The highest BCUT2D eigenvalue weighted by atomic mass is 19.2. The molecule has 6 heteroatoms. The van der Waals surface area contributed by atoms with Crippen molar-refractivity contribution in [2.24, 2.45) is 16.8 Å². The number of guanidine groups is 1. The zero-order valence-corrected chi connectivity index (χ0v) is 15.6. The van der Waals surface area contributed by atoms with E-state index in [1.54, 1.807) is 6.07 Å². The molecule has 0 fully saturated rings. The maximum absolute atomic E-state index is 13.4. The second kappa shape index (κ2) is 11.0. The van der Waals surface area contributed by atoms with Gasteiger partial charge in [-0.15, -0.1) is 0 Å². The Morgan fingerprint density at radius 1 is 1.20 bits per heavy atom. The Bertz CT molecular complexity index is 549. The number of halogens is 2. The van der Waals surface area contributed by atoms with Crippen LogP contribution in [0.1, 0.15) is 52.1 Å². The normalized spacial score (nSPS) is 14.5. The molecule has 0 aliphatic heterocycles. The van der Waals surface area contributed by atoms with Crippen LogP contribution in [0.15, 0.2) is 23.2 Å². The maximum Gasteiger partial charge on any atom is 0.191 e. The highest BCUT2D eigenvalue weighted by Crippen LogP contribution is 2.17. The first-order valence-electron chi connectivity index (χ1n) is 8.98. The van der Waals surface area contributed by atoms with Crippen LogP contribution in [0.2, 0.25) is 0 Å². The van der Waals surface area contributed by atoms with Crippen LogP contribution >= 0.6 is 0 Å². The molecule has 1 aromatic carbocycles. The largest absolute Gasteiger partial charge is 0.396 e. The summed E-state index contributed by atoms with van der Waals surface area (Å²) in [4.78, 5) is 4.61. The van der Waals surface area contributed by atoms with Gasteiger partial charge in [0.05, 0.1) is 6.04 Å². The molecular formula is C19H31F2N3O. The summed E-state index contributed by atoms with van der Waals surface area (Å²) >= 11 is 0. The molecular weight excluding hydrogens is 324 g/mol. The second-order valence-electron chi connectivity index (χ2n) is 6.77. The topological polar surface area (TPSA) is 56.7 Å². The second-order valence-corrected chi connectivity index (χ2v) is 6.77. The molecule has 0 bridgehead atoms. The van der Waals surface area contributed by atoms with Gasteiger partial charge in [-0.25, -0.2) is 8.78 Å². The number of rotatable bonds is 9. The van der Waals surface area contributed by atoms with Gasteiger partial charge in [0.15, 0.2) is 17.6 Å². The summed E-state index contributed by atoms with van der Waals surface area (Å²) in [5, 5.41) is 15.6. The number of hydrogen-bond acceptors (Lipinski definition) is 2. The highest BCUT2D eigenvalue weighted by Gasteiger charge is 2.13. The van der Waals surface area contributed by atoms with E-state index in [0.717, 1.165) is 18.9 Å². The predicted molar refractivity (Wildman–Crippen MR) is 98.5 cm³/mol. The number of hydrogen-bond donors (Lipinski definition) is 3. The fourth-order valence-corrected chi connectivity index (χ4v) is 2.74. The fraction of sp³-hybridized carbons (Fsp3) is 0.632. The molecule has 0 saturated carbocycles. The standard InChI is InChI=1S/C19H31F2N3O/c1-5-22-19(23-12-15(8-9-25)10-13(2)3)24-14(4)16-6-7-17(20)18(21)11-16/h6-7,11,13-15,25H,5,8-10,12H2,1-4H3,(H2,22,23,24). The molecule has 0 aliphatic carbocycles. The minimum atomic E-state index is -0.854. The smallest absolute Gasteiger partial charge is 0.191 e. The first-order chi connectivity index (χ1) is 11.9. The SMILES string of the molecule is CCNC(=NCC(CCO)CC(C)C)NC(C)c1ccc(F)c(F)c1. The van der Waals surface area contributed by atoms with E-state index < -0.39 is 11.6 Å². The molecule has 3 N–H and O–H groups in total. The fourth-order valence-electron chi connectivity index (χ4n) is 2.74. The van der Waals surface area contributed by atoms with Crippen molar-refractivity contribution in [1.29, 1.82) is 0 Å². The Morgan fingerprint density at radius 3 is 2.48 bits per heavy atom. The summed E-state index contributed by atoms with van der Waals surface area (Å²) in [6.45, 7) is 9.62. The molecule has 4 nitrogen and oxygen atoms in total. The van der Waals surface area contributed by atoms with Crippen molar-refractivity contribution in [2.75, 3.05) is 19.7 Å². The number of aliphatic hydroxyl groups is 1. The molecule has 0 saturated heterocycles. The Kier molecular flexibility index (Phi) is 9.42. The summed E-state index contributed by atoms with van der Waals surface area (Å²) in [6.07, 6.45) is 1.72. The van der Waals surface area contributed by atoms with Crippen LogP contribution in [0.4, 0.5) is 8.78 Å². The van der Waals surface area contributed by atoms with Crippen LogP contribution in [0.5, 0.6) is 0 Å². The van der Waals surface area contributed by atoms with Gasteiger partial charge in [0.2, 0.25) is 0 Å². The molecule has 0 radical (unpaired) electrons. The van der Waals surface area contributed by atoms with E-state index in [-0.39, 0.29) is 12.6 Å². The van der Waals surface area contributed by atoms with Crippen LogP contribution in [0.25, 0.3) is 0 Å². The van der Waals surface area contributed by atoms with Crippen LogP contribution in [-0.4, -0.2) is 30.8 Å². The summed E-state index contributed by atoms with van der Waals surface area (Å²) in [5.41, 5.74) is 0.651. The number of aliphatic hydroxyl groups excluding tert-OH is 1. The van der Waals surface area contributed by atoms with Crippen molar-refractivity contribution in [2.45, 2.75) is 46.6 Å². The van der Waals surface area contributed by atoms with Gasteiger partial charge < -0.3 is 15.7 Å². The Balaban J connectivity index is 2.77.